The van der Waals surface area contributed by atoms with E-state index in [1.54, 1.807) is 25.2 Å². The zero-order valence-electron chi connectivity index (χ0n) is 12.3. The molecule has 7 nitrogen and oxygen atoms in total. The molecule has 0 fully saturated rings. The van der Waals surface area contributed by atoms with Gasteiger partial charge in [-0.2, -0.15) is 5.21 Å². The lowest BCUT2D eigenvalue weighted by Gasteiger charge is -2.20. The molecule has 1 aromatic carbocycles. The van der Waals surface area contributed by atoms with Gasteiger partial charge in [0, 0.05) is 19.5 Å². The third-order valence-corrected chi connectivity index (χ3v) is 5.17. The van der Waals surface area contributed by atoms with Crippen molar-refractivity contribution in [3.05, 3.63) is 35.7 Å². The maximum Gasteiger partial charge on any atom is 0.242 e. The first-order valence-electron chi connectivity index (χ1n) is 6.73. The molecule has 0 saturated heterocycles. The van der Waals surface area contributed by atoms with E-state index in [1.165, 1.54) is 4.31 Å². The smallest absolute Gasteiger partial charge is 0.207 e. The van der Waals surface area contributed by atoms with Gasteiger partial charge in [0.25, 0.3) is 0 Å². The molecule has 0 aliphatic carbocycles. The first-order valence-corrected chi connectivity index (χ1v) is 8.17. The van der Waals surface area contributed by atoms with E-state index in [0.29, 0.717) is 10.7 Å². The maximum absolute atomic E-state index is 12.6. The Labute approximate surface area is 124 Å². The van der Waals surface area contributed by atoms with Crippen LogP contribution >= 0.6 is 0 Å². The molecule has 1 atom stereocenters. The number of tetrazole rings is 1. The van der Waals surface area contributed by atoms with Crippen LogP contribution in [0.5, 0.6) is 0 Å². The summed E-state index contributed by atoms with van der Waals surface area (Å²) in [6.45, 7) is 4.14. The number of aromatic nitrogens is 4. The molecule has 0 aliphatic rings. The van der Waals surface area contributed by atoms with Crippen LogP contribution in [0.2, 0.25) is 0 Å². The van der Waals surface area contributed by atoms with Crippen LogP contribution in [0.3, 0.4) is 0 Å². The van der Waals surface area contributed by atoms with Crippen LogP contribution in [-0.4, -0.2) is 46.9 Å². The summed E-state index contributed by atoms with van der Waals surface area (Å²) in [4.78, 5) is 0.310. The number of hydrogen-bond donors (Lipinski definition) is 1. The molecule has 2 aromatic rings. The highest BCUT2D eigenvalue weighted by molar-refractivity contribution is 7.89. The number of hydrogen-bond acceptors (Lipinski definition) is 5. The fourth-order valence-electron chi connectivity index (χ4n) is 2.05. The summed E-state index contributed by atoms with van der Waals surface area (Å²) < 4.78 is 26.5. The largest absolute Gasteiger partial charge is 0.242 e. The second-order valence-corrected chi connectivity index (χ2v) is 7.00. The van der Waals surface area contributed by atoms with Crippen LogP contribution in [0.15, 0.2) is 29.2 Å². The van der Waals surface area contributed by atoms with Crippen LogP contribution in [0, 0.1) is 0 Å². The number of likely N-dealkylation sites (N-methyl/N-ethyl adjacent to an activating group) is 1. The summed E-state index contributed by atoms with van der Waals surface area (Å²) in [6, 6.07) is 7.01. The molecule has 1 N–H and O–H groups in total. The second kappa shape index (κ2) is 6.31. The van der Waals surface area contributed by atoms with E-state index >= 15 is 0 Å². The van der Waals surface area contributed by atoms with Gasteiger partial charge >= 0.3 is 0 Å². The molecule has 0 spiro atoms. The molecule has 0 radical (unpaired) electrons. The lowest BCUT2D eigenvalue weighted by atomic mass is 10.2. The summed E-state index contributed by atoms with van der Waals surface area (Å²) >= 11 is 0. The molecule has 2 rings (SSSR count). The number of H-pyrrole nitrogens is 1. The molecule has 8 heteroatoms. The second-order valence-electron chi connectivity index (χ2n) is 4.96. The topological polar surface area (TPSA) is 91.8 Å². The van der Waals surface area contributed by atoms with Crippen LogP contribution in [0.25, 0.3) is 0 Å². The minimum atomic E-state index is -3.51. The van der Waals surface area contributed by atoms with Gasteiger partial charge in [0.05, 0.1) is 4.90 Å². The normalized spacial score (nSPS) is 13.5. The highest BCUT2D eigenvalue weighted by Gasteiger charge is 2.24. The number of sulfonamides is 1. The zero-order valence-corrected chi connectivity index (χ0v) is 13.1. The van der Waals surface area contributed by atoms with Crippen molar-refractivity contribution < 1.29 is 8.42 Å². The number of nitrogens with zero attached hydrogens (tertiary/aromatic N) is 4. The van der Waals surface area contributed by atoms with E-state index in [0.717, 1.165) is 12.0 Å². The monoisotopic (exact) mass is 309 g/mol. The molecular formula is C13H19N5O2S. The Morgan fingerprint density at radius 1 is 1.38 bits per heavy atom. The Hall–Kier alpha value is -1.80. The summed E-state index contributed by atoms with van der Waals surface area (Å²) in [6.07, 6.45) is 0.798. The Morgan fingerprint density at radius 3 is 2.76 bits per heavy atom. The van der Waals surface area contributed by atoms with Gasteiger partial charge in [-0.15, -0.1) is 10.2 Å². The molecule has 0 unspecified atom stereocenters. The number of aryl methyl sites for hydroxylation is 1. The first-order chi connectivity index (χ1) is 9.95. The summed E-state index contributed by atoms with van der Waals surface area (Å²) in [5.74, 6) is 0.359. The molecule has 0 saturated carbocycles. The molecule has 0 bridgehead atoms. The van der Waals surface area contributed by atoms with Crippen molar-refractivity contribution in [3.8, 4) is 0 Å². The van der Waals surface area contributed by atoms with E-state index in [1.807, 2.05) is 19.9 Å². The van der Waals surface area contributed by atoms with Gasteiger partial charge in [-0.05, 0) is 24.1 Å². The highest BCUT2D eigenvalue weighted by Crippen LogP contribution is 2.19. The number of rotatable bonds is 6. The van der Waals surface area contributed by atoms with Crippen LogP contribution in [-0.2, 0) is 16.4 Å². The molecule has 0 aliphatic heterocycles. The Morgan fingerprint density at radius 2 is 2.14 bits per heavy atom. The summed E-state index contributed by atoms with van der Waals surface area (Å²) in [7, 11) is -1.95. The molecule has 0 amide bonds. The van der Waals surface area contributed by atoms with Crippen molar-refractivity contribution >= 4 is 10.0 Å². The molecule has 114 valence electrons. The average Bonchev–Trinajstić information content (AvgIpc) is 3.01. The van der Waals surface area contributed by atoms with Gasteiger partial charge in [0.1, 0.15) is 0 Å². The maximum atomic E-state index is 12.6. The fraction of sp³-hybridized carbons (Fsp3) is 0.462. The number of benzene rings is 1. The van der Waals surface area contributed by atoms with Crippen molar-refractivity contribution in [2.24, 2.45) is 0 Å². The van der Waals surface area contributed by atoms with E-state index in [4.69, 9.17) is 0 Å². The molecule has 21 heavy (non-hydrogen) atoms. The summed E-state index contributed by atoms with van der Waals surface area (Å²) in [5.41, 5.74) is 0.996. The quantitative estimate of drug-likeness (QED) is 0.865. The third kappa shape index (κ3) is 3.45. The van der Waals surface area contributed by atoms with Crippen molar-refractivity contribution in [2.75, 3.05) is 13.6 Å². The van der Waals surface area contributed by atoms with Gasteiger partial charge < -0.3 is 0 Å². The average molecular weight is 309 g/mol. The molecule has 1 aromatic heterocycles. The lowest BCUT2D eigenvalue weighted by Crippen LogP contribution is -2.30. The van der Waals surface area contributed by atoms with Gasteiger partial charge in [-0.25, -0.2) is 12.7 Å². The Balaban J connectivity index is 2.18. The minimum Gasteiger partial charge on any atom is -0.207 e. The van der Waals surface area contributed by atoms with E-state index in [9.17, 15) is 8.42 Å². The zero-order chi connectivity index (χ0) is 15.5. The SMILES string of the molecule is CCc1cccc(S(=O)(=O)N(C)C[C@@H](C)c2nn[nH]n2)c1. The molecular weight excluding hydrogens is 290 g/mol. The Kier molecular flexibility index (Phi) is 4.69. The van der Waals surface area contributed by atoms with Crippen LogP contribution in [0.1, 0.15) is 31.2 Å². The number of nitrogens with one attached hydrogen (secondary N) is 1. The predicted molar refractivity (Wildman–Crippen MR) is 78.2 cm³/mol. The third-order valence-electron chi connectivity index (χ3n) is 3.35. The van der Waals surface area contributed by atoms with E-state index in [-0.39, 0.29) is 12.5 Å². The number of aromatic amines is 1. The van der Waals surface area contributed by atoms with Crippen molar-refractivity contribution in [3.63, 3.8) is 0 Å². The van der Waals surface area contributed by atoms with Gasteiger partial charge in [0.15, 0.2) is 5.82 Å². The summed E-state index contributed by atoms with van der Waals surface area (Å²) in [5, 5.41) is 13.6. The molecule has 1 heterocycles. The van der Waals surface area contributed by atoms with Gasteiger partial charge in [-0.3, -0.25) is 0 Å². The van der Waals surface area contributed by atoms with Crippen LogP contribution in [0.4, 0.5) is 0 Å². The van der Waals surface area contributed by atoms with Crippen molar-refractivity contribution in [1.29, 1.82) is 0 Å². The first kappa shape index (κ1) is 15.6. The van der Waals surface area contributed by atoms with Gasteiger partial charge in [-0.1, -0.05) is 31.2 Å². The van der Waals surface area contributed by atoms with Gasteiger partial charge in [0.2, 0.25) is 10.0 Å². The van der Waals surface area contributed by atoms with Crippen molar-refractivity contribution in [2.45, 2.75) is 31.1 Å². The van der Waals surface area contributed by atoms with E-state index < -0.39 is 10.0 Å². The van der Waals surface area contributed by atoms with Crippen molar-refractivity contribution in [1.82, 2.24) is 24.9 Å². The lowest BCUT2D eigenvalue weighted by molar-refractivity contribution is 0.439. The van der Waals surface area contributed by atoms with E-state index in [2.05, 4.69) is 20.6 Å². The highest BCUT2D eigenvalue weighted by atomic mass is 32.2. The predicted octanol–water partition coefficient (Wildman–Crippen LogP) is 1.19. The van der Waals surface area contributed by atoms with Crippen LogP contribution < -0.4 is 0 Å². The fourth-order valence-corrected chi connectivity index (χ4v) is 3.38. The standard InChI is InChI=1S/C13H19N5O2S/c1-4-11-6-5-7-12(8-11)21(19,20)18(3)9-10(2)13-14-16-17-15-13/h5-8,10H,4,9H2,1-3H3,(H,14,15,16,17)/t10-/m1/s1. The minimum absolute atomic E-state index is 0.141. The Bertz CT molecular complexity index is 684.